The molecule has 0 aliphatic rings. The first-order valence-corrected chi connectivity index (χ1v) is 10.5. The predicted octanol–water partition coefficient (Wildman–Crippen LogP) is 6.09. The van der Waals surface area contributed by atoms with E-state index >= 15 is 0 Å². The molecule has 0 spiro atoms. The number of hydrogen-bond donors (Lipinski definition) is 1. The summed E-state index contributed by atoms with van der Waals surface area (Å²) < 4.78 is 43.1. The summed E-state index contributed by atoms with van der Waals surface area (Å²) in [6.45, 7) is 7.05. The number of carbonyl (C=O) groups excluding carboxylic acids is 1. The summed E-state index contributed by atoms with van der Waals surface area (Å²) in [5.41, 5.74) is -0.00840. The zero-order valence-electron chi connectivity index (χ0n) is 18.1. The molecule has 0 fully saturated rings. The number of ether oxygens (including phenoxy) is 1. The number of allylic oxidation sites excluding steroid dienone is 3. The highest BCUT2D eigenvalue weighted by molar-refractivity contribution is 5.88. The molecular weight excluding hydrogens is 393 g/mol. The molecule has 7 heteroatoms. The van der Waals surface area contributed by atoms with Gasteiger partial charge in [-0.2, -0.15) is 13.2 Å². The fourth-order valence-electron chi connectivity index (χ4n) is 2.60. The van der Waals surface area contributed by atoms with Crippen LogP contribution in [0, 0.1) is 5.92 Å². The van der Waals surface area contributed by atoms with Crippen molar-refractivity contribution in [1.29, 1.82) is 0 Å². The van der Waals surface area contributed by atoms with E-state index in [2.05, 4.69) is 30.2 Å². The quantitative estimate of drug-likeness (QED) is 0.236. The topological polar surface area (TPSA) is 51.2 Å². The average Bonchev–Trinajstić information content (AvgIpc) is 2.67. The Balaban J connectivity index is 2.09. The van der Waals surface area contributed by atoms with Crippen LogP contribution in [0.1, 0.15) is 65.0 Å². The van der Waals surface area contributed by atoms with Crippen LogP contribution in [0.3, 0.4) is 0 Å². The Bertz CT molecular complexity index is 698. The number of nitrogens with one attached hydrogen (secondary N) is 1. The second kappa shape index (κ2) is 13.8. The van der Waals surface area contributed by atoms with Gasteiger partial charge in [0.05, 0.1) is 6.61 Å². The van der Waals surface area contributed by atoms with E-state index in [1.54, 1.807) is 6.08 Å². The molecule has 0 saturated carbocycles. The van der Waals surface area contributed by atoms with Crippen LogP contribution < -0.4 is 10.1 Å². The highest BCUT2D eigenvalue weighted by Crippen LogP contribution is 2.28. The van der Waals surface area contributed by atoms with Crippen molar-refractivity contribution >= 4 is 5.91 Å². The number of pyridine rings is 1. The summed E-state index contributed by atoms with van der Waals surface area (Å²) in [6.07, 6.45) is 7.04. The monoisotopic (exact) mass is 426 g/mol. The summed E-state index contributed by atoms with van der Waals surface area (Å²) in [7, 11) is 0. The normalized spacial score (nSPS) is 12.6. The Morgan fingerprint density at radius 3 is 2.57 bits per heavy atom. The molecule has 0 saturated heterocycles. The van der Waals surface area contributed by atoms with Crippen molar-refractivity contribution in [3.8, 4) is 5.88 Å². The van der Waals surface area contributed by atoms with Crippen molar-refractivity contribution in [3.63, 3.8) is 0 Å². The number of aromatic nitrogens is 1. The lowest BCUT2D eigenvalue weighted by atomic mass is 10.1. The lowest BCUT2D eigenvalue weighted by Crippen LogP contribution is -2.25. The van der Waals surface area contributed by atoms with Crippen molar-refractivity contribution in [2.24, 2.45) is 5.92 Å². The number of amides is 1. The van der Waals surface area contributed by atoms with Crippen molar-refractivity contribution in [2.75, 3.05) is 13.2 Å². The first kappa shape index (κ1) is 25.7. The van der Waals surface area contributed by atoms with Gasteiger partial charge in [0, 0.05) is 18.7 Å². The molecule has 1 amide bonds. The van der Waals surface area contributed by atoms with Crippen LogP contribution in [-0.2, 0) is 11.0 Å². The lowest BCUT2D eigenvalue weighted by molar-refractivity contribution is -0.141. The van der Waals surface area contributed by atoms with E-state index in [4.69, 9.17) is 4.74 Å². The molecule has 4 nitrogen and oxygen atoms in total. The maximum atomic E-state index is 12.6. The van der Waals surface area contributed by atoms with E-state index < -0.39 is 11.9 Å². The third kappa shape index (κ3) is 12.3. The number of hydrogen-bond acceptors (Lipinski definition) is 3. The number of halogens is 3. The van der Waals surface area contributed by atoms with E-state index in [1.165, 1.54) is 12.1 Å². The highest BCUT2D eigenvalue weighted by Gasteiger charge is 2.32. The Kier molecular flexibility index (Phi) is 11.9. The number of alkyl halides is 3. The molecule has 0 unspecified atom stereocenters. The minimum atomic E-state index is -4.46. The number of carbonyl (C=O) groups is 1. The summed E-state index contributed by atoms with van der Waals surface area (Å²) in [4.78, 5) is 15.2. The molecule has 168 valence electrons. The first-order chi connectivity index (χ1) is 14.2. The van der Waals surface area contributed by atoms with Crippen LogP contribution in [-0.4, -0.2) is 24.0 Å². The van der Waals surface area contributed by atoms with E-state index in [0.29, 0.717) is 19.1 Å². The van der Waals surface area contributed by atoms with Gasteiger partial charge in [0.2, 0.25) is 11.8 Å². The van der Waals surface area contributed by atoms with Crippen LogP contribution in [0.4, 0.5) is 13.2 Å². The summed E-state index contributed by atoms with van der Waals surface area (Å²) >= 11 is 0. The van der Waals surface area contributed by atoms with E-state index in [1.807, 2.05) is 13.0 Å². The zero-order valence-corrected chi connectivity index (χ0v) is 18.1. The van der Waals surface area contributed by atoms with Gasteiger partial charge in [-0.25, -0.2) is 4.98 Å². The SMILES string of the molecule is CC(C=CCCCCCCCOc1cccc(C(F)(F)F)n1)=CC(=O)NCC(C)C. The van der Waals surface area contributed by atoms with Gasteiger partial charge in [0.1, 0.15) is 5.69 Å². The zero-order chi connectivity index (χ0) is 22.4. The maximum Gasteiger partial charge on any atom is 0.433 e. The minimum absolute atomic E-state index is 0.0104. The standard InChI is InChI=1S/C23H33F3N2O2/c1-18(2)17-27-21(29)16-19(3)12-9-7-5-4-6-8-10-15-30-22-14-11-13-20(28-22)23(24,25)26/h9,11-14,16,18H,4-8,10,15,17H2,1-3H3,(H,27,29). The second-order valence-corrected chi connectivity index (χ2v) is 7.69. The van der Waals surface area contributed by atoms with Crippen LogP contribution >= 0.6 is 0 Å². The predicted molar refractivity (Wildman–Crippen MR) is 113 cm³/mol. The molecule has 1 N–H and O–H groups in total. The lowest BCUT2D eigenvalue weighted by Gasteiger charge is -2.09. The van der Waals surface area contributed by atoms with Crippen LogP contribution in [0.25, 0.3) is 0 Å². The fraction of sp³-hybridized carbons (Fsp3) is 0.565. The molecule has 30 heavy (non-hydrogen) atoms. The molecule has 0 atom stereocenters. The molecule has 1 heterocycles. The van der Waals surface area contributed by atoms with Crippen LogP contribution in [0.15, 0.2) is 42.0 Å². The summed E-state index contributed by atoms with van der Waals surface area (Å²) in [5.74, 6) is 0.381. The van der Waals surface area contributed by atoms with Crippen molar-refractivity contribution in [1.82, 2.24) is 10.3 Å². The van der Waals surface area contributed by atoms with E-state index in [9.17, 15) is 18.0 Å². The van der Waals surface area contributed by atoms with Crippen molar-refractivity contribution in [2.45, 2.75) is 65.5 Å². The van der Waals surface area contributed by atoms with Crippen molar-refractivity contribution in [3.05, 3.63) is 47.7 Å². The van der Waals surface area contributed by atoms with Gasteiger partial charge >= 0.3 is 6.18 Å². The molecule has 0 bridgehead atoms. The molecular formula is C23H33F3N2O2. The number of unbranched alkanes of at least 4 members (excludes halogenated alkanes) is 5. The molecule has 0 aromatic carbocycles. The highest BCUT2D eigenvalue weighted by atomic mass is 19.4. The second-order valence-electron chi connectivity index (χ2n) is 7.69. The first-order valence-electron chi connectivity index (χ1n) is 10.5. The molecule has 0 aliphatic carbocycles. The van der Waals surface area contributed by atoms with Gasteiger partial charge in [-0.1, -0.05) is 51.3 Å². The van der Waals surface area contributed by atoms with Gasteiger partial charge in [0.15, 0.2) is 0 Å². The maximum absolute atomic E-state index is 12.6. The van der Waals surface area contributed by atoms with Crippen molar-refractivity contribution < 1.29 is 22.7 Å². The smallest absolute Gasteiger partial charge is 0.433 e. The van der Waals surface area contributed by atoms with Gasteiger partial charge in [-0.05, 0) is 43.7 Å². The summed E-state index contributed by atoms with van der Waals surface area (Å²) in [5, 5.41) is 2.85. The average molecular weight is 427 g/mol. The molecule has 1 aromatic heterocycles. The molecule has 0 aliphatic heterocycles. The van der Waals surface area contributed by atoms with Gasteiger partial charge < -0.3 is 10.1 Å². The number of rotatable bonds is 13. The Hall–Kier alpha value is -2.31. The summed E-state index contributed by atoms with van der Waals surface area (Å²) in [6, 6.07) is 3.67. The Morgan fingerprint density at radius 2 is 1.87 bits per heavy atom. The third-order valence-corrected chi connectivity index (χ3v) is 4.20. The molecule has 1 rings (SSSR count). The Labute approximate surface area is 177 Å². The van der Waals surface area contributed by atoms with Gasteiger partial charge in [-0.15, -0.1) is 0 Å². The minimum Gasteiger partial charge on any atom is -0.478 e. The Morgan fingerprint density at radius 1 is 1.17 bits per heavy atom. The largest absolute Gasteiger partial charge is 0.478 e. The molecule has 0 radical (unpaired) electrons. The fourth-order valence-corrected chi connectivity index (χ4v) is 2.60. The number of nitrogens with zero attached hydrogens (tertiary/aromatic N) is 1. The van der Waals surface area contributed by atoms with Crippen LogP contribution in [0.5, 0.6) is 5.88 Å². The van der Waals surface area contributed by atoms with Gasteiger partial charge in [-0.3, -0.25) is 4.79 Å². The van der Waals surface area contributed by atoms with E-state index in [0.717, 1.165) is 50.2 Å². The van der Waals surface area contributed by atoms with Crippen LogP contribution in [0.2, 0.25) is 0 Å². The molecule has 1 aromatic rings. The van der Waals surface area contributed by atoms with E-state index in [-0.39, 0.29) is 11.8 Å². The third-order valence-electron chi connectivity index (χ3n) is 4.20. The van der Waals surface area contributed by atoms with Gasteiger partial charge in [0.25, 0.3) is 0 Å².